The number of esters is 1. The number of unbranched alkanes of at least 4 members (excludes halogenated alkanes) is 8. The van der Waals surface area contributed by atoms with E-state index in [4.69, 9.17) is 24.4 Å². The Labute approximate surface area is 182 Å². The highest BCUT2D eigenvalue weighted by Crippen LogP contribution is 2.25. The maximum absolute atomic E-state index is 11.6. The van der Waals surface area contributed by atoms with E-state index in [1.165, 1.54) is 32.1 Å². The zero-order chi connectivity index (χ0) is 24.4. The average Bonchev–Trinajstić information content (AvgIpc) is 2.68. The van der Waals surface area contributed by atoms with Crippen molar-refractivity contribution in [2.45, 2.75) is 102 Å². The molecule has 0 radical (unpaired) electrons. The topological polar surface area (TPSA) is 225 Å². The fourth-order valence-corrected chi connectivity index (χ4v) is 2.55. The zero-order valence-electron chi connectivity index (χ0n) is 17.9. The molecule has 1 unspecified atom stereocenters. The lowest BCUT2D eigenvalue weighted by Crippen LogP contribution is -2.50. The smallest absolute Gasteiger partial charge is 0.433 e. The van der Waals surface area contributed by atoms with Crippen LogP contribution in [-0.2, 0) is 14.1 Å². The van der Waals surface area contributed by atoms with Gasteiger partial charge in [0, 0.05) is 6.42 Å². The molecule has 0 spiro atoms. The second kappa shape index (κ2) is 18.9. The molecule has 13 heteroatoms. The summed E-state index contributed by atoms with van der Waals surface area (Å²) in [4.78, 5) is 33.2. The normalized spacial score (nSPS) is 16.5. The van der Waals surface area contributed by atoms with Gasteiger partial charge in [-0.15, -0.1) is 0 Å². The minimum Gasteiger partial charge on any atom is -0.433 e. The molecule has 0 aromatic carbocycles. The molecule has 0 rings (SSSR count). The number of ether oxygens (including phenoxy) is 1. The summed E-state index contributed by atoms with van der Waals surface area (Å²) in [6, 6.07) is 0. The van der Waals surface area contributed by atoms with E-state index in [1.807, 2.05) is 0 Å². The monoisotopic (exact) mass is 478 g/mol. The predicted octanol–water partition coefficient (Wildman–Crippen LogP) is -0.724. The molecule has 5 atom stereocenters. The summed E-state index contributed by atoms with van der Waals surface area (Å²) in [5, 5.41) is 56.2. The van der Waals surface area contributed by atoms with Gasteiger partial charge in [0.1, 0.15) is 24.4 Å². The Bertz CT molecular complexity index is 478. The van der Waals surface area contributed by atoms with Crippen LogP contribution in [0.15, 0.2) is 0 Å². The van der Waals surface area contributed by atoms with Crippen molar-refractivity contribution in [3.8, 4) is 0 Å². The highest BCUT2D eigenvalue weighted by molar-refractivity contribution is 7.45. The van der Waals surface area contributed by atoms with Crippen molar-refractivity contribution in [3.63, 3.8) is 0 Å². The van der Waals surface area contributed by atoms with Crippen LogP contribution in [0.5, 0.6) is 0 Å². The van der Waals surface area contributed by atoms with Gasteiger partial charge in [0.05, 0.1) is 6.61 Å². The van der Waals surface area contributed by atoms with E-state index in [1.54, 1.807) is 0 Å². The molecular formula is C18H39O12P. The van der Waals surface area contributed by atoms with Crippen LogP contribution < -0.4 is 0 Å². The van der Waals surface area contributed by atoms with Gasteiger partial charge in [0.25, 0.3) is 0 Å². The van der Waals surface area contributed by atoms with Crippen molar-refractivity contribution >= 4 is 13.8 Å². The summed E-state index contributed by atoms with van der Waals surface area (Å²) in [7, 11) is -4.64. The largest absolute Gasteiger partial charge is 0.466 e. The molecule has 0 aliphatic heterocycles. The van der Waals surface area contributed by atoms with Gasteiger partial charge < -0.3 is 50.1 Å². The molecular weight excluding hydrogens is 439 g/mol. The van der Waals surface area contributed by atoms with Crippen molar-refractivity contribution in [1.82, 2.24) is 0 Å². The molecule has 31 heavy (non-hydrogen) atoms. The molecule has 0 aliphatic carbocycles. The second-order valence-electron chi connectivity index (χ2n) is 7.19. The first-order chi connectivity index (χ1) is 14.3. The SMILES string of the molecule is CCCCCCCCCCCC(=O)OC(O)[C@@H](O)[C@@H](O)[C@H](O)[C@H](O)CO.O=P(O)(O)O. The quantitative estimate of drug-likeness (QED) is 0.0579. The number of carbonyl (C=O) groups excluding carboxylic acids is 1. The number of phosphoric acid groups is 1. The molecule has 0 aromatic heterocycles. The molecule has 0 aromatic rings. The predicted molar refractivity (Wildman–Crippen MR) is 109 cm³/mol. The van der Waals surface area contributed by atoms with Crippen molar-refractivity contribution in [2.75, 3.05) is 6.61 Å². The number of rotatable bonds is 16. The van der Waals surface area contributed by atoms with Crippen molar-refractivity contribution in [3.05, 3.63) is 0 Å². The van der Waals surface area contributed by atoms with Gasteiger partial charge in [-0.25, -0.2) is 4.57 Å². The molecule has 0 heterocycles. The molecule has 0 amide bonds. The lowest BCUT2D eigenvalue weighted by molar-refractivity contribution is -0.213. The van der Waals surface area contributed by atoms with E-state index in [0.29, 0.717) is 6.42 Å². The van der Waals surface area contributed by atoms with Crippen molar-refractivity contribution in [2.24, 2.45) is 0 Å². The van der Waals surface area contributed by atoms with E-state index in [-0.39, 0.29) is 6.42 Å². The van der Waals surface area contributed by atoms with Crippen LogP contribution >= 0.6 is 7.82 Å². The summed E-state index contributed by atoms with van der Waals surface area (Å²) in [5.41, 5.74) is 0. The van der Waals surface area contributed by atoms with Gasteiger partial charge in [0.15, 0.2) is 0 Å². The summed E-state index contributed by atoms with van der Waals surface area (Å²) >= 11 is 0. The van der Waals surface area contributed by atoms with E-state index < -0.39 is 51.1 Å². The average molecular weight is 478 g/mol. The molecule has 0 aliphatic rings. The molecule has 188 valence electrons. The van der Waals surface area contributed by atoms with Gasteiger partial charge in [-0.1, -0.05) is 58.3 Å². The standard InChI is InChI=1S/C18H36O8.H3O4P/c1-2-3-4-5-6-7-8-9-10-11-14(21)26-18(25)17(24)16(23)15(22)13(20)12-19;1-5(2,3)4/h13,15-20,22-25H,2-12H2,1H3;(H3,1,2,3,4)/t13-,15-,16+,17+,18?;/m1./s1. The highest BCUT2D eigenvalue weighted by atomic mass is 31.2. The number of aliphatic hydroxyl groups excluding tert-OH is 6. The van der Waals surface area contributed by atoms with E-state index in [2.05, 4.69) is 11.7 Å². The number of aliphatic hydroxyl groups is 6. The van der Waals surface area contributed by atoms with Crippen molar-refractivity contribution < 1.29 is 59.4 Å². The Balaban J connectivity index is 0. The van der Waals surface area contributed by atoms with Gasteiger partial charge in [-0.2, -0.15) is 0 Å². The maximum Gasteiger partial charge on any atom is 0.466 e. The molecule has 0 saturated carbocycles. The van der Waals surface area contributed by atoms with Crippen LogP contribution in [0, 0.1) is 0 Å². The van der Waals surface area contributed by atoms with Gasteiger partial charge >= 0.3 is 13.8 Å². The molecule has 9 N–H and O–H groups in total. The minimum atomic E-state index is -4.64. The van der Waals surface area contributed by atoms with Gasteiger partial charge in [0.2, 0.25) is 6.29 Å². The van der Waals surface area contributed by atoms with Crippen molar-refractivity contribution in [1.29, 1.82) is 0 Å². The third-order valence-corrected chi connectivity index (χ3v) is 4.31. The van der Waals surface area contributed by atoms with Crippen LogP contribution in [0.2, 0.25) is 0 Å². The first-order valence-corrected chi connectivity index (χ1v) is 11.9. The lowest BCUT2D eigenvalue weighted by Gasteiger charge is -2.28. The highest BCUT2D eigenvalue weighted by Gasteiger charge is 2.35. The zero-order valence-corrected chi connectivity index (χ0v) is 18.8. The fourth-order valence-electron chi connectivity index (χ4n) is 2.55. The van der Waals surface area contributed by atoms with E-state index in [0.717, 1.165) is 19.3 Å². The second-order valence-corrected chi connectivity index (χ2v) is 8.22. The van der Waals surface area contributed by atoms with E-state index >= 15 is 0 Å². The Kier molecular flexibility index (Phi) is 19.8. The first kappa shape index (κ1) is 32.5. The first-order valence-electron chi connectivity index (χ1n) is 10.3. The molecule has 12 nitrogen and oxygen atoms in total. The van der Waals surface area contributed by atoms with Crippen LogP contribution in [0.4, 0.5) is 0 Å². The number of carbonyl (C=O) groups is 1. The minimum absolute atomic E-state index is 0.0809. The molecule has 0 saturated heterocycles. The number of hydrogen-bond donors (Lipinski definition) is 9. The molecule has 0 fully saturated rings. The molecule has 0 bridgehead atoms. The Morgan fingerprint density at radius 2 is 1.19 bits per heavy atom. The Morgan fingerprint density at radius 1 is 0.774 bits per heavy atom. The van der Waals surface area contributed by atoms with Crippen LogP contribution in [0.25, 0.3) is 0 Å². The van der Waals surface area contributed by atoms with Crippen LogP contribution in [-0.4, -0.2) is 88.6 Å². The third-order valence-electron chi connectivity index (χ3n) is 4.31. The number of hydrogen-bond acceptors (Lipinski definition) is 9. The lowest BCUT2D eigenvalue weighted by atomic mass is 10.0. The summed E-state index contributed by atoms with van der Waals surface area (Å²) in [5.74, 6) is -0.719. The Hall–Kier alpha value is -0.660. The third kappa shape index (κ3) is 21.0. The fraction of sp³-hybridized carbons (Fsp3) is 0.944. The Morgan fingerprint density at radius 3 is 1.61 bits per heavy atom. The summed E-state index contributed by atoms with van der Waals surface area (Å²) < 4.78 is 13.5. The summed E-state index contributed by atoms with van der Waals surface area (Å²) in [6.45, 7) is 1.34. The van der Waals surface area contributed by atoms with Gasteiger partial charge in [-0.05, 0) is 6.42 Å². The van der Waals surface area contributed by atoms with Crippen LogP contribution in [0.3, 0.4) is 0 Å². The summed E-state index contributed by atoms with van der Waals surface area (Å²) in [6.07, 6.45) is 0.284. The van der Waals surface area contributed by atoms with E-state index in [9.17, 15) is 30.3 Å². The van der Waals surface area contributed by atoms with Gasteiger partial charge in [-0.3, -0.25) is 4.79 Å². The maximum atomic E-state index is 11.6. The van der Waals surface area contributed by atoms with Crippen LogP contribution in [0.1, 0.15) is 71.1 Å².